The zero-order chi connectivity index (χ0) is 17.5. The standard InChI is InChI=1S/C17H24N4O3/c1-11-12(2)21(9-18-11)8-14-15(23-10-19-14)13-6-20(7-13)16(22)24-17(3,4)5/h9-10,13H,6-8H2,1-5H3. The van der Waals surface area contributed by atoms with Crippen molar-refractivity contribution in [2.24, 2.45) is 0 Å². The zero-order valence-corrected chi connectivity index (χ0v) is 14.9. The lowest BCUT2D eigenvalue weighted by Gasteiger charge is -2.38. The first kappa shape index (κ1) is 16.5. The van der Waals surface area contributed by atoms with Crippen LogP contribution >= 0.6 is 0 Å². The molecule has 1 amide bonds. The maximum atomic E-state index is 12.0. The Hall–Kier alpha value is -2.31. The van der Waals surface area contributed by atoms with Crippen LogP contribution in [0.5, 0.6) is 0 Å². The number of aromatic nitrogens is 3. The average molecular weight is 332 g/mol. The lowest BCUT2D eigenvalue weighted by atomic mass is 9.96. The fourth-order valence-electron chi connectivity index (χ4n) is 2.71. The van der Waals surface area contributed by atoms with Crippen LogP contribution < -0.4 is 0 Å². The normalized spacial score (nSPS) is 15.5. The number of hydrogen-bond acceptors (Lipinski definition) is 5. The third-order valence-corrected chi connectivity index (χ3v) is 4.24. The Labute approximate surface area is 141 Å². The van der Waals surface area contributed by atoms with Crippen molar-refractivity contribution in [3.05, 3.63) is 35.6 Å². The molecule has 2 aromatic heterocycles. The maximum absolute atomic E-state index is 12.0. The maximum Gasteiger partial charge on any atom is 0.410 e. The van der Waals surface area contributed by atoms with E-state index < -0.39 is 5.60 Å². The van der Waals surface area contributed by atoms with E-state index in [2.05, 4.69) is 14.5 Å². The van der Waals surface area contributed by atoms with Gasteiger partial charge in [0.15, 0.2) is 6.39 Å². The summed E-state index contributed by atoms with van der Waals surface area (Å²) in [5.41, 5.74) is 2.55. The average Bonchev–Trinajstić information content (AvgIpc) is 2.98. The molecule has 0 unspecified atom stereocenters. The fourth-order valence-corrected chi connectivity index (χ4v) is 2.71. The van der Waals surface area contributed by atoms with Crippen LogP contribution in [0.4, 0.5) is 4.79 Å². The largest absolute Gasteiger partial charge is 0.448 e. The van der Waals surface area contributed by atoms with E-state index in [1.165, 1.54) is 6.39 Å². The van der Waals surface area contributed by atoms with Crippen LogP contribution in [0.3, 0.4) is 0 Å². The van der Waals surface area contributed by atoms with Crippen LogP contribution in [0.2, 0.25) is 0 Å². The number of nitrogens with zero attached hydrogens (tertiary/aromatic N) is 4. The van der Waals surface area contributed by atoms with Gasteiger partial charge < -0.3 is 18.6 Å². The lowest BCUT2D eigenvalue weighted by molar-refractivity contribution is 0.00641. The smallest absolute Gasteiger partial charge is 0.410 e. The SMILES string of the molecule is Cc1ncn(Cc2ncoc2C2CN(C(=O)OC(C)(C)C)C2)c1C. The molecule has 1 saturated heterocycles. The molecule has 130 valence electrons. The number of likely N-dealkylation sites (tertiary alicyclic amines) is 1. The quantitative estimate of drug-likeness (QED) is 0.864. The Morgan fingerprint density at radius 2 is 2.04 bits per heavy atom. The minimum absolute atomic E-state index is 0.167. The lowest BCUT2D eigenvalue weighted by Crippen LogP contribution is -2.50. The van der Waals surface area contributed by atoms with Crippen molar-refractivity contribution in [1.82, 2.24) is 19.4 Å². The number of oxazole rings is 1. The van der Waals surface area contributed by atoms with E-state index in [1.807, 2.05) is 40.9 Å². The van der Waals surface area contributed by atoms with E-state index in [0.717, 1.165) is 22.8 Å². The van der Waals surface area contributed by atoms with Gasteiger partial charge in [-0.05, 0) is 34.6 Å². The molecular weight excluding hydrogens is 308 g/mol. The van der Waals surface area contributed by atoms with E-state index in [-0.39, 0.29) is 12.0 Å². The number of imidazole rings is 1. The Bertz CT molecular complexity index is 735. The number of rotatable bonds is 3. The van der Waals surface area contributed by atoms with Crippen LogP contribution in [0.1, 0.15) is 49.5 Å². The summed E-state index contributed by atoms with van der Waals surface area (Å²) in [7, 11) is 0. The molecule has 7 nitrogen and oxygen atoms in total. The molecule has 0 bridgehead atoms. The zero-order valence-electron chi connectivity index (χ0n) is 14.9. The van der Waals surface area contributed by atoms with Gasteiger partial charge in [0.2, 0.25) is 0 Å². The second-order valence-corrected chi connectivity index (χ2v) is 7.29. The molecule has 0 N–H and O–H groups in total. The van der Waals surface area contributed by atoms with E-state index in [0.29, 0.717) is 19.6 Å². The topological polar surface area (TPSA) is 73.4 Å². The Morgan fingerprint density at radius 1 is 1.33 bits per heavy atom. The third kappa shape index (κ3) is 3.29. The van der Waals surface area contributed by atoms with Gasteiger partial charge in [0.1, 0.15) is 17.1 Å². The van der Waals surface area contributed by atoms with Crippen LogP contribution in [0, 0.1) is 13.8 Å². The molecule has 0 aliphatic carbocycles. The van der Waals surface area contributed by atoms with Gasteiger partial charge in [0.25, 0.3) is 0 Å². The summed E-state index contributed by atoms with van der Waals surface area (Å²) < 4.78 is 13.0. The summed E-state index contributed by atoms with van der Waals surface area (Å²) in [6, 6.07) is 0. The minimum Gasteiger partial charge on any atom is -0.448 e. The summed E-state index contributed by atoms with van der Waals surface area (Å²) in [4.78, 5) is 22.4. The van der Waals surface area contributed by atoms with Crippen molar-refractivity contribution in [2.45, 2.75) is 52.7 Å². The summed E-state index contributed by atoms with van der Waals surface area (Å²) in [6.07, 6.45) is 3.01. The number of carbonyl (C=O) groups excluding carboxylic acids is 1. The number of hydrogen-bond donors (Lipinski definition) is 0. The van der Waals surface area contributed by atoms with Crippen molar-refractivity contribution in [1.29, 1.82) is 0 Å². The van der Waals surface area contributed by atoms with Gasteiger partial charge in [-0.3, -0.25) is 0 Å². The molecule has 0 saturated carbocycles. The Kier molecular flexibility index (Phi) is 4.11. The molecule has 24 heavy (non-hydrogen) atoms. The van der Waals surface area contributed by atoms with Crippen LogP contribution in [0.15, 0.2) is 17.1 Å². The molecule has 2 aromatic rings. The third-order valence-electron chi connectivity index (χ3n) is 4.24. The Morgan fingerprint density at radius 3 is 2.62 bits per heavy atom. The van der Waals surface area contributed by atoms with Gasteiger partial charge >= 0.3 is 6.09 Å². The second-order valence-electron chi connectivity index (χ2n) is 7.29. The van der Waals surface area contributed by atoms with Gasteiger partial charge in [-0.1, -0.05) is 0 Å². The molecule has 0 aromatic carbocycles. The highest BCUT2D eigenvalue weighted by Crippen LogP contribution is 2.31. The monoisotopic (exact) mass is 332 g/mol. The van der Waals surface area contributed by atoms with Crippen molar-refractivity contribution in [3.8, 4) is 0 Å². The number of aryl methyl sites for hydroxylation is 1. The minimum atomic E-state index is -0.476. The number of carbonyl (C=O) groups is 1. The van der Waals surface area contributed by atoms with Crippen molar-refractivity contribution in [2.75, 3.05) is 13.1 Å². The highest BCUT2D eigenvalue weighted by molar-refractivity contribution is 5.69. The second kappa shape index (κ2) is 5.96. The van der Waals surface area contributed by atoms with Gasteiger partial charge in [0.05, 0.1) is 24.5 Å². The fraction of sp³-hybridized carbons (Fsp3) is 0.588. The van der Waals surface area contributed by atoms with Gasteiger partial charge in [0, 0.05) is 18.8 Å². The molecule has 1 aliphatic heterocycles. The van der Waals surface area contributed by atoms with Crippen molar-refractivity contribution in [3.63, 3.8) is 0 Å². The molecule has 0 spiro atoms. The van der Waals surface area contributed by atoms with Gasteiger partial charge in [-0.2, -0.15) is 0 Å². The Balaban J connectivity index is 1.63. The molecule has 0 atom stereocenters. The van der Waals surface area contributed by atoms with Crippen LogP contribution in [0.25, 0.3) is 0 Å². The van der Waals surface area contributed by atoms with E-state index in [1.54, 1.807) is 4.90 Å². The highest BCUT2D eigenvalue weighted by atomic mass is 16.6. The number of ether oxygens (including phenoxy) is 1. The molecule has 3 heterocycles. The summed E-state index contributed by atoms with van der Waals surface area (Å²) in [6.45, 7) is 11.4. The first-order chi connectivity index (χ1) is 11.2. The molecule has 7 heteroatoms. The summed E-state index contributed by atoms with van der Waals surface area (Å²) in [5, 5.41) is 0. The predicted molar refractivity (Wildman–Crippen MR) is 87.9 cm³/mol. The van der Waals surface area contributed by atoms with Crippen molar-refractivity contribution >= 4 is 6.09 Å². The van der Waals surface area contributed by atoms with Crippen molar-refractivity contribution < 1.29 is 13.9 Å². The number of amides is 1. The molecule has 1 aliphatic rings. The first-order valence-corrected chi connectivity index (χ1v) is 8.13. The van der Waals surface area contributed by atoms with Crippen LogP contribution in [-0.2, 0) is 11.3 Å². The molecule has 1 fully saturated rings. The highest BCUT2D eigenvalue weighted by Gasteiger charge is 2.37. The van der Waals surface area contributed by atoms with Gasteiger partial charge in [-0.25, -0.2) is 14.8 Å². The van der Waals surface area contributed by atoms with E-state index in [9.17, 15) is 4.79 Å². The van der Waals surface area contributed by atoms with E-state index in [4.69, 9.17) is 9.15 Å². The predicted octanol–water partition coefficient (Wildman–Crippen LogP) is 2.87. The van der Waals surface area contributed by atoms with E-state index >= 15 is 0 Å². The summed E-state index contributed by atoms with van der Waals surface area (Å²) in [5.74, 6) is 1.01. The molecule has 3 rings (SSSR count). The molecule has 0 radical (unpaired) electrons. The van der Waals surface area contributed by atoms with Gasteiger partial charge in [-0.15, -0.1) is 0 Å². The summed E-state index contributed by atoms with van der Waals surface area (Å²) >= 11 is 0. The van der Waals surface area contributed by atoms with Crippen LogP contribution in [-0.4, -0.2) is 44.2 Å². The molecular formula is C17H24N4O3. The first-order valence-electron chi connectivity index (χ1n) is 8.13.